The summed E-state index contributed by atoms with van der Waals surface area (Å²) in [6.45, 7) is 0. The summed E-state index contributed by atoms with van der Waals surface area (Å²) in [5, 5.41) is 6.95. The van der Waals surface area contributed by atoms with Crippen molar-refractivity contribution in [3.8, 4) is 34.4 Å². The van der Waals surface area contributed by atoms with E-state index in [0.29, 0.717) is 23.7 Å². The van der Waals surface area contributed by atoms with Crippen molar-refractivity contribution in [2.75, 3.05) is 32.9 Å². The predicted molar refractivity (Wildman–Crippen MR) is 359 cm³/mol. The molecule has 4 aliphatic carbocycles. The molecule has 0 amide bonds. The van der Waals surface area contributed by atoms with E-state index in [1.54, 1.807) is 24.8 Å². The van der Waals surface area contributed by atoms with Gasteiger partial charge in [-0.2, -0.15) is 8.37 Å². The molecule has 4 aromatic heterocycles. The van der Waals surface area contributed by atoms with Crippen LogP contribution in [0.5, 0.6) is 23.0 Å². The second-order valence-electron chi connectivity index (χ2n) is 22.6. The topological polar surface area (TPSA) is 225 Å². The zero-order valence-corrected chi connectivity index (χ0v) is 58.5. The summed E-state index contributed by atoms with van der Waals surface area (Å²) in [4.78, 5) is 17.1. The van der Waals surface area contributed by atoms with Gasteiger partial charge < -0.3 is 32.5 Å². The average molecular weight is 1540 g/mol. The molecule has 0 N–H and O–H groups in total. The number of alkyl halides is 6. The minimum atomic E-state index is -5.66. The Labute approximate surface area is 593 Å². The van der Waals surface area contributed by atoms with Gasteiger partial charge in [-0.05, 0) is 194 Å². The molecule has 4 aliphatic rings. The zero-order chi connectivity index (χ0) is 69.1. The summed E-state index contributed by atoms with van der Waals surface area (Å²) in [6, 6.07) is 62.6. The van der Waals surface area contributed by atoms with Gasteiger partial charge in [0.15, 0.2) is 0 Å². The first-order valence-corrected chi connectivity index (χ1v) is 35.7. The molecule has 4 fully saturated rings. The maximum Gasteiger partial charge on any atom is 1.00 e. The minimum absolute atomic E-state index is 0. The van der Waals surface area contributed by atoms with Crippen LogP contribution in [0.3, 0.4) is 0 Å². The third kappa shape index (κ3) is 22.1. The SMILES string of the molecule is COc1cc(C2CC2)ccc1P(c1ccc(C2CC2)cc1OC)N(c1ccccc1)P(c1ccc(C2CC2)cc1OC)c1ccc(C2CC2)cc1OC.O=S(=O)([O-])OC(F)(F)F.O=S(=O)([O-])OC(F)(F)F.[Cu+].[Cu+].c1ccc(-c2ccccn2)nc1.c1cnc2c(c1)ccc1cccnc12. The molecule has 0 saturated heterocycles. The maximum absolute atomic E-state index is 10.8. The quantitative estimate of drug-likeness (QED) is 0.0194. The van der Waals surface area contributed by atoms with Crippen LogP contribution in [0, 0.1) is 0 Å². The van der Waals surface area contributed by atoms with Crippen molar-refractivity contribution in [3.05, 3.63) is 223 Å². The Morgan fingerprint density at radius 2 is 0.687 bits per heavy atom. The Bertz CT molecular complexity index is 4160. The summed E-state index contributed by atoms with van der Waals surface area (Å²) >= 11 is 0. The molecule has 10 aromatic rings. The summed E-state index contributed by atoms with van der Waals surface area (Å²) in [7, 11) is -6.62. The normalized spacial score (nSPS) is 14.2. The van der Waals surface area contributed by atoms with Crippen molar-refractivity contribution in [3.63, 3.8) is 0 Å². The molecule has 4 heterocycles. The summed E-state index contributed by atoms with van der Waals surface area (Å²) in [6.07, 6.45) is 6.22. The van der Waals surface area contributed by atoms with Crippen molar-refractivity contribution < 1.29 is 114 Å². The third-order valence-corrected chi connectivity index (χ3v) is 22.0. The van der Waals surface area contributed by atoms with Crippen LogP contribution in [0.4, 0.5) is 32.0 Å². The first-order valence-electron chi connectivity index (χ1n) is 30.5. The number of pyridine rings is 4. The van der Waals surface area contributed by atoms with Crippen molar-refractivity contribution in [1.29, 1.82) is 0 Å². The smallest absolute Gasteiger partial charge is 0.725 e. The zero-order valence-electron chi connectivity index (χ0n) is 53.2. The number of halogens is 6. The molecule has 0 aliphatic heterocycles. The number of hydrogen-bond acceptors (Lipinski definition) is 17. The van der Waals surface area contributed by atoms with E-state index in [0.717, 1.165) is 61.9 Å². The Morgan fingerprint density at radius 3 is 0.929 bits per heavy atom. The monoisotopic (exact) mass is 1530 g/mol. The first kappa shape index (κ1) is 77.4. The number of nitrogens with zero attached hydrogens (tertiary/aromatic N) is 5. The van der Waals surface area contributed by atoms with Crippen LogP contribution >= 0.6 is 16.1 Å². The number of aromatic nitrogens is 4. The van der Waals surface area contributed by atoms with E-state index >= 15 is 0 Å². The summed E-state index contributed by atoms with van der Waals surface area (Å²) in [5.41, 5.74) is 10.4. The largest absolute Gasteiger partial charge is 1.00 e. The molecule has 0 atom stereocenters. The van der Waals surface area contributed by atoms with Crippen LogP contribution in [-0.2, 0) is 63.3 Å². The fourth-order valence-electron chi connectivity index (χ4n) is 10.6. The van der Waals surface area contributed by atoms with Gasteiger partial charge in [-0.25, -0.2) is 16.8 Å². The van der Waals surface area contributed by atoms with Gasteiger partial charge in [-0.15, -0.1) is 26.3 Å². The van der Waals surface area contributed by atoms with Gasteiger partial charge >= 0.3 is 46.9 Å². The van der Waals surface area contributed by atoms with E-state index in [1.165, 1.54) is 94.8 Å². The van der Waals surface area contributed by atoms with Crippen molar-refractivity contribution in [2.24, 2.45) is 0 Å². The summed E-state index contributed by atoms with van der Waals surface area (Å²) < 4.78 is 152. The van der Waals surface area contributed by atoms with Gasteiger partial charge in [0.25, 0.3) is 0 Å². The number of rotatable bonds is 18. The molecule has 528 valence electrons. The van der Waals surface area contributed by atoms with Gasteiger partial charge in [0.1, 0.15) is 23.0 Å². The molecule has 0 spiro atoms. The van der Waals surface area contributed by atoms with Crippen LogP contribution in [0.25, 0.3) is 33.2 Å². The molecule has 14 rings (SSSR count). The van der Waals surface area contributed by atoms with Gasteiger partial charge in [0.2, 0.25) is 20.8 Å². The van der Waals surface area contributed by atoms with E-state index in [1.807, 2.05) is 85.3 Å². The molecular weight excluding hydrogens is 1470 g/mol. The van der Waals surface area contributed by atoms with Gasteiger partial charge in [0, 0.05) is 62.5 Å². The number of para-hydroxylation sites is 1. The van der Waals surface area contributed by atoms with Gasteiger partial charge in [0.05, 0.1) is 67.0 Å². The first-order chi connectivity index (χ1) is 46.4. The molecule has 0 bridgehead atoms. The Balaban J connectivity index is 0.000000217. The molecule has 29 heteroatoms. The molecule has 99 heavy (non-hydrogen) atoms. The summed E-state index contributed by atoms with van der Waals surface area (Å²) in [5.74, 6) is 6.16. The standard InChI is InChI=1S/C46H49NO4P2.C12H8N2.C10H8N2.2CHF3O4S.2Cu/c1-48-39-26-34(30-10-11-30)18-22-43(39)52(44-23-19-35(31-12-13-31)27-40(44)49-2)47(38-8-6-5-7-9-38)53(45-24-20-36(32-14-15-32)28-41(45)50-3)46-25-21-37(33-16-17-33)29-42(46)51-4;1-3-9-5-6-10-4-2-8-14-12(10)11(9)13-7-1;1-3-7-11-9(5-1)10-6-2-4-8-12-10;2*2-1(3,4)8-9(5,6)7;;/h5-9,18-33H,10-17H2,1-4H3;1-8H;1-8H;2*(H,5,6,7);;/q;;;;;2*+1/p-2. The van der Waals surface area contributed by atoms with Crippen molar-refractivity contribution in [1.82, 2.24) is 19.9 Å². The number of hydrogen-bond donors (Lipinski definition) is 0. The van der Waals surface area contributed by atoms with Crippen molar-refractivity contribution in [2.45, 2.75) is 87.8 Å². The van der Waals surface area contributed by atoms with E-state index < -0.39 is 49.7 Å². The van der Waals surface area contributed by atoms with Crippen LogP contribution in [0.15, 0.2) is 201 Å². The molecule has 17 nitrogen and oxygen atoms in total. The average Bonchev–Trinajstić information content (AvgIpc) is 1.11. The van der Waals surface area contributed by atoms with Crippen LogP contribution < -0.4 is 44.6 Å². The van der Waals surface area contributed by atoms with Crippen LogP contribution in [0.2, 0.25) is 0 Å². The number of fused-ring (bicyclic) bond motifs is 3. The van der Waals surface area contributed by atoms with Gasteiger partial charge in [-0.3, -0.25) is 19.9 Å². The van der Waals surface area contributed by atoms with Crippen LogP contribution in [-0.4, -0.2) is 87.0 Å². The fraction of sp³-hybridized carbons (Fsp3) is 0.257. The second kappa shape index (κ2) is 34.3. The van der Waals surface area contributed by atoms with Crippen molar-refractivity contribution >= 4 is 85.7 Å². The molecular formula is C70H65Cu2F6N5O12P2S2. The Kier molecular flexibility index (Phi) is 26.9. The molecule has 0 unspecified atom stereocenters. The predicted octanol–water partition coefficient (Wildman–Crippen LogP) is 15.0. The van der Waals surface area contributed by atoms with Crippen LogP contribution in [0.1, 0.15) is 97.3 Å². The number of ether oxygens (including phenoxy) is 4. The Morgan fingerprint density at radius 1 is 0.394 bits per heavy atom. The fourth-order valence-corrected chi connectivity index (χ4v) is 17.4. The molecule has 6 aromatic carbocycles. The van der Waals surface area contributed by atoms with E-state index in [9.17, 15) is 26.3 Å². The minimum Gasteiger partial charge on any atom is -0.725 e. The Hall–Kier alpha value is -7.34. The second-order valence-corrected chi connectivity index (χ2v) is 28.8. The number of methoxy groups -OCH3 is 4. The number of anilines is 1. The maximum atomic E-state index is 10.8. The molecule has 4 saturated carbocycles. The van der Waals surface area contributed by atoms with E-state index in [4.69, 9.17) is 44.9 Å². The van der Waals surface area contributed by atoms with E-state index in [-0.39, 0.29) is 34.1 Å². The van der Waals surface area contributed by atoms with Gasteiger partial charge in [-0.1, -0.05) is 78.9 Å². The van der Waals surface area contributed by atoms with E-state index in [2.05, 4.69) is 152 Å². The molecule has 0 radical (unpaired) electrons. The number of benzene rings is 6. The third-order valence-electron chi connectivity index (χ3n) is 15.6.